The molecule has 1 aromatic heterocycles. The van der Waals surface area contributed by atoms with Gasteiger partial charge in [0.25, 0.3) is 5.91 Å². The zero-order valence-corrected chi connectivity index (χ0v) is 14.4. The molecule has 2 aliphatic rings. The predicted octanol–water partition coefficient (Wildman–Crippen LogP) is 2.21. The van der Waals surface area contributed by atoms with Gasteiger partial charge < -0.3 is 10.6 Å². The molecule has 0 unspecified atom stereocenters. The van der Waals surface area contributed by atoms with Gasteiger partial charge in [-0.25, -0.2) is 4.98 Å². The largest absolute Gasteiger partial charge is 0.365 e. The predicted molar refractivity (Wildman–Crippen MR) is 98.5 cm³/mol. The molecule has 1 fully saturated rings. The van der Waals surface area contributed by atoms with E-state index in [0.717, 1.165) is 51.3 Å². The van der Waals surface area contributed by atoms with Gasteiger partial charge in [-0.15, -0.1) is 0 Å². The van der Waals surface area contributed by atoms with Crippen LogP contribution in [0.25, 0.3) is 0 Å². The summed E-state index contributed by atoms with van der Waals surface area (Å²) in [7, 11) is 0. The van der Waals surface area contributed by atoms with Crippen LogP contribution in [0.1, 0.15) is 34.3 Å². The van der Waals surface area contributed by atoms with Gasteiger partial charge in [-0.2, -0.15) is 0 Å². The zero-order chi connectivity index (χ0) is 17.2. The molecule has 5 heteroatoms. The first-order valence-corrected chi connectivity index (χ1v) is 9.03. The summed E-state index contributed by atoms with van der Waals surface area (Å²) in [5, 5.41) is 0. The first-order chi connectivity index (χ1) is 12.2. The highest BCUT2D eigenvalue weighted by atomic mass is 16.1. The van der Waals surface area contributed by atoms with Crippen molar-refractivity contribution in [1.29, 1.82) is 0 Å². The highest BCUT2D eigenvalue weighted by molar-refractivity contribution is 5.97. The van der Waals surface area contributed by atoms with Crippen LogP contribution in [0.5, 0.6) is 0 Å². The lowest BCUT2D eigenvalue weighted by atomic mass is 9.95. The molecule has 130 valence electrons. The lowest BCUT2D eigenvalue weighted by Gasteiger charge is -2.41. The number of benzene rings is 1. The van der Waals surface area contributed by atoms with E-state index in [0.29, 0.717) is 11.6 Å². The van der Waals surface area contributed by atoms with E-state index in [2.05, 4.69) is 39.0 Å². The van der Waals surface area contributed by atoms with E-state index >= 15 is 0 Å². The highest BCUT2D eigenvalue weighted by Gasteiger charge is 2.28. The number of hydrogen-bond acceptors (Lipinski definition) is 4. The highest BCUT2D eigenvalue weighted by Crippen LogP contribution is 2.27. The molecule has 2 aromatic rings. The van der Waals surface area contributed by atoms with Gasteiger partial charge in [-0.1, -0.05) is 24.3 Å². The van der Waals surface area contributed by atoms with Gasteiger partial charge in [0.1, 0.15) is 5.82 Å². The molecule has 5 nitrogen and oxygen atoms in total. The summed E-state index contributed by atoms with van der Waals surface area (Å²) in [5.74, 6) is 0.329. The Hall–Kier alpha value is -2.40. The minimum Gasteiger partial charge on any atom is -0.365 e. The number of carbonyl (C=O) groups is 1. The first-order valence-electron chi connectivity index (χ1n) is 9.03. The van der Waals surface area contributed by atoms with Crippen molar-refractivity contribution in [3.05, 3.63) is 59.3 Å². The molecule has 1 amide bonds. The molecule has 25 heavy (non-hydrogen) atoms. The molecule has 0 bridgehead atoms. The van der Waals surface area contributed by atoms with Crippen molar-refractivity contribution in [2.24, 2.45) is 5.73 Å². The number of primary amides is 1. The lowest BCUT2D eigenvalue weighted by molar-refractivity contribution is 0.1000. The van der Waals surface area contributed by atoms with E-state index < -0.39 is 5.91 Å². The van der Waals surface area contributed by atoms with E-state index in [4.69, 9.17) is 5.73 Å². The van der Waals surface area contributed by atoms with Crippen molar-refractivity contribution in [2.45, 2.75) is 31.8 Å². The molecule has 0 radical (unpaired) electrons. The Morgan fingerprint density at radius 3 is 2.56 bits per heavy atom. The maximum absolute atomic E-state index is 11.6. The molecule has 1 saturated heterocycles. The van der Waals surface area contributed by atoms with Crippen LogP contribution >= 0.6 is 0 Å². The molecule has 1 aromatic carbocycles. The van der Waals surface area contributed by atoms with Crippen LogP contribution in [0.4, 0.5) is 5.82 Å². The number of rotatable bonds is 3. The fraction of sp³-hybridized carbons (Fsp3) is 0.400. The Labute approximate surface area is 148 Å². The number of aromatic nitrogens is 1. The molecule has 2 N–H and O–H groups in total. The SMILES string of the molecule is NC(=O)c1cccnc1N1CCC(N2CCc3ccccc3C2)CC1. The lowest BCUT2D eigenvalue weighted by Crippen LogP contribution is -2.47. The summed E-state index contributed by atoms with van der Waals surface area (Å²) >= 11 is 0. The van der Waals surface area contributed by atoms with E-state index in [9.17, 15) is 4.79 Å². The summed E-state index contributed by atoms with van der Waals surface area (Å²) in [6.07, 6.45) is 5.06. The van der Waals surface area contributed by atoms with Gasteiger partial charge >= 0.3 is 0 Å². The van der Waals surface area contributed by atoms with Crippen LogP contribution < -0.4 is 10.6 Å². The molecule has 2 aliphatic heterocycles. The average Bonchev–Trinajstić information content (AvgIpc) is 2.68. The minimum atomic E-state index is -0.405. The topological polar surface area (TPSA) is 62.5 Å². The van der Waals surface area contributed by atoms with Crippen molar-refractivity contribution < 1.29 is 4.79 Å². The number of carbonyl (C=O) groups excluding carboxylic acids is 1. The minimum absolute atomic E-state index is 0.405. The number of nitrogens with two attached hydrogens (primary N) is 1. The third kappa shape index (κ3) is 3.24. The van der Waals surface area contributed by atoms with Crippen LogP contribution in [0.2, 0.25) is 0 Å². The second kappa shape index (κ2) is 6.84. The monoisotopic (exact) mass is 336 g/mol. The number of nitrogens with zero attached hydrogens (tertiary/aromatic N) is 3. The van der Waals surface area contributed by atoms with Gasteiger partial charge in [0.05, 0.1) is 5.56 Å². The van der Waals surface area contributed by atoms with Gasteiger partial charge in [0, 0.05) is 38.4 Å². The standard InChI is InChI=1S/C20H24N4O/c21-19(25)18-6-3-10-22-20(18)23-12-8-17(9-13-23)24-11-7-15-4-1-2-5-16(15)14-24/h1-6,10,17H,7-9,11-14H2,(H2,21,25). The Bertz CT molecular complexity index is 768. The van der Waals surface area contributed by atoms with Gasteiger partial charge in [-0.3, -0.25) is 9.69 Å². The Morgan fingerprint density at radius 2 is 1.80 bits per heavy atom. The fourth-order valence-electron chi connectivity index (χ4n) is 4.11. The first kappa shape index (κ1) is 16.1. The quantitative estimate of drug-likeness (QED) is 0.933. The number of fused-ring (bicyclic) bond motifs is 1. The molecule has 0 atom stereocenters. The Balaban J connectivity index is 1.42. The summed E-state index contributed by atoms with van der Waals surface area (Å²) in [6.45, 7) is 4.02. The third-order valence-corrected chi connectivity index (χ3v) is 5.49. The Morgan fingerprint density at radius 1 is 1.04 bits per heavy atom. The van der Waals surface area contributed by atoms with Crippen molar-refractivity contribution in [1.82, 2.24) is 9.88 Å². The van der Waals surface area contributed by atoms with Crippen LogP contribution in [-0.2, 0) is 13.0 Å². The second-order valence-corrected chi connectivity index (χ2v) is 6.95. The van der Waals surface area contributed by atoms with Crippen molar-refractivity contribution in [2.75, 3.05) is 24.5 Å². The van der Waals surface area contributed by atoms with Gasteiger partial charge in [-0.05, 0) is 42.5 Å². The maximum atomic E-state index is 11.6. The van der Waals surface area contributed by atoms with Crippen LogP contribution in [0.15, 0.2) is 42.6 Å². The second-order valence-electron chi connectivity index (χ2n) is 6.95. The van der Waals surface area contributed by atoms with E-state index in [-0.39, 0.29) is 0 Å². The van der Waals surface area contributed by atoms with Crippen LogP contribution in [-0.4, -0.2) is 41.5 Å². The summed E-state index contributed by atoms with van der Waals surface area (Å²) in [6, 6.07) is 12.9. The molecular weight excluding hydrogens is 312 g/mol. The van der Waals surface area contributed by atoms with Crippen molar-refractivity contribution >= 4 is 11.7 Å². The van der Waals surface area contributed by atoms with Crippen molar-refractivity contribution in [3.8, 4) is 0 Å². The number of pyridine rings is 1. The van der Waals surface area contributed by atoms with Crippen LogP contribution in [0.3, 0.4) is 0 Å². The molecule has 3 heterocycles. The summed E-state index contributed by atoms with van der Waals surface area (Å²) in [4.78, 5) is 20.9. The molecule has 0 spiro atoms. The van der Waals surface area contributed by atoms with E-state index in [1.54, 1.807) is 18.3 Å². The normalized spacial score (nSPS) is 18.8. The van der Waals surface area contributed by atoms with E-state index in [1.165, 1.54) is 11.1 Å². The molecule has 4 rings (SSSR count). The molecule has 0 saturated carbocycles. The smallest absolute Gasteiger partial charge is 0.252 e. The average molecular weight is 336 g/mol. The van der Waals surface area contributed by atoms with Gasteiger partial charge in [0.2, 0.25) is 0 Å². The number of hydrogen-bond donors (Lipinski definition) is 1. The number of piperidine rings is 1. The number of amides is 1. The van der Waals surface area contributed by atoms with Gasteiger partial charge in [0.15, 0.2) is 0 Å². The van der Waals surface area contributed by atoms with Crippen molar-refractivity contribution in [3.63, 3.8) is 0 Å². The zero-order valence-electron chi connectivity index (χ0n) is 14.4. The molecule has 0 aliphatic carbocycles. The summed E-state index contributed by atoms with van der Waals surface area (Å²) in [5.41, 5.74) is 8.98. The fourth-order valence-corrected chi connectivity index (χ4v) is 4.11. The number of anilines is 1. The maximum Gasteiger partial charge on any atom is 0.252 e. The third-order valence-electron chi connectivity index (χ3n) is 5.49. The Kier molecular flexibility index (Phi) is 4.40. The molecular formula is C20H24N4O. The van der Waals surface area contributed by atoms with E-state index in [1.807, 2.05) is 0 Å². The van der Waals surface area contributed by atoms with Crippen LogP contribution in [0, 0.1) is 0 Å². The summed E-state index contributed by atoms with van der Waals surface area (Å²) < 4.78 is 0.